The van der Waals surface area contributed by atoms with E-state index in [1.165, 1.54) is 19.3 Å². The molecule has 1 saturated carbocycles. The van der Waals surface area contributed by atoms with Crippen molar-refractivity contribution in [1.29, 1.82) is 0 Å². The summed E-state index contributed by atoms with van der Waals surface area (Å²) in [6.07, 6.45) is 5.20. The van der Waals surface area contributed by atoms with E-state index in [-0.39, 0.29) is 5.54 Å². The first-order chi connectivity index (χ1) is 8.65. The van der Waals surface area contributed by atoms with Crippen molar-refractivity contribution >= 4 is 17.4 Å². The average Bonchev–Trinajstić information content (AvgIpc) is 2.68. The number of halogens is 1. The Morgan fingerprint density at radius 2 is 2.22 bits per heavy atom. The monoisotopic (exact) mass is 266 g/mol. The largest absolute Gasteiger partial charge is 0.353 e. The molecule has 0 radical (unpaired) electrons. The fourth-order valence-corrected chi connectivity index (χ4v) is 2.90. The van der Waals surface area contributed by atoms with Crippen LogP contribution >= 0.6 is 11.6 Å². The van der Waals surface area contributed by atoms with Crippen molar-refractivity contribution in [2.45, 2.75) is 44.2 Å². The molecule has 0 amide bonds. The van der Waals surface area contributed by atoms with E-state index in [0.717, 1.165) is 31.4 Å². The van der Waals surface area contributed by atoms with Gasteiger partial charge in [0.15, 0.2) is 11.0 Å². The highest BCUT2D eigenvalue weighted by Crippen LogP contribution is 2.29. The second-order valence-corrected chi connectivity index (χ2v) is 6.11. The highest BCUT2D eigenvalue weighted by molar-refractivity contribution is 6.29. The van der Waals surface area contributed by atoms with Crippen LogP contribution in [0.2, 0.25) is 5.15 Å². The third-order valence-electron chi connectivity index (χ3n) is 4.07. The zero-order valence-corrected chi connectivity index (χ0v) is 11.5. The molecule has 1 N–H and O–H groups in total. The molecule has 0 aromatic carbocycles. The van der Waals surface area contributed by atoms with Gasteiger partial charge in [0.05, 0.1) is 0 Å². The van der Waals surface area contributed by atoms with Crippen LogP contribution in [0.15, 0.2) is 12.1 Å². The number of rotatable bonds is 3. The van der Waals surface area contributed by atoms with Crippen molar-refractivity contribution in [2.24, 2.45) is 0 Å². The number of anilines is 1. The van der Waals surface area contributed by atoms with Gasteiger partial charge in [0.25, 0.3) is 0 Å². The number of hydrogen-bond acceptors (Lipinski definition) is 4. The van der Waals surface area contributed by atoms with Gasteiger partial charge in [-0.15, -0.1) is 10.2 Å². The van der Waals surface area contributed by atoms with Crippen molar-refractivity contribution in [3.05, 3.63) is 17.3 Å². The lowest BCUT2D eigenvalue weighted by Gasteiger charge is -2.36. The highest BCUT2D eigenvalue weighted by Gasteiger charge is 2.37. The molecule has 1 atom stereocenters. The second kappa shape index (κ2) is 4.67. The lowest BCUT2D eigenvalue weighted by atomic mass is 9.89. The van der Waals surface area contributed by atoms with Gasteiger partial charge in [-0.1, -0.05) is 18.0 Å². The second-order valence-electron chi connectivity index (χ2n) is 5.72. The Balaban J connectivity index is 1.64. The summed E-state index contributed by atoms with van der Waals surface area (Å²) in [5.74, 6) is 0.929. The van der Waals surface area contributed by atoms with E-state index in [1.807, 2.05) is 6.07 Å². The topological polar surface area (TPSA) is 41.0 Å². The maximum Gasteiger partial charge on any atom is 0.151 e. The highest BCUT2D eigenvalue weighted by atomic mass is 35.5. The number of nitrogens with zero attached hydrogens (tertiary/aromatic N) is 3. The molecule has 1 aromatic rings. The van der Waals surface area contributed by atoms with Gasteiger partial charge in [-0.2, -0.15) is 0 Å². The minimum Gasteiger partial charge on any atom is -0.353 e. The van der Waals surface area contributed by atoms with Gasteiger partial charge in [0.2, 0.25) is 0 Å². The quantitative estimate of drug-likeness (QED) is 0.911. The zero-order chi connectivity index (χ0) is 12.6. The molecule has 98 valence electrons. The fourth-order valence-electron chi connectivity index (χ4n) is 2.80. The zero-order valence-electron chi connectivity index (χ0n) is 10.7. The van der Waals surface area contributed by atoms with Gasteiger partial charge in [-0.25, -0.2) is 0 Å². The maximum atomic E-state index is 5.77. The third kappa shape index (κ3) is 2.45. The minimum absolute atomic E-state index is 0.215. The van der Waals surface area contributed by atoms with Crippen LogP contribution in [0.25, 0.3) is 0 Å². The Bertz CT molecular complexity index is 418. The summed E-state index contributed by atoms with van der Waals surface area (Å²) in [6, 6.07) is 4.48. The van der Waals surface area contributed by atoms with Gasteiger partial charge in [-0.05, 0) is 38.3 Å². The Hall–Kier alpha value is -0.870. The molecule has 0 unspecified atom stereocenters. The van der Waals surface area contributed by atoms with E-state index in [9.17, 15) is 0 Å². The molecule has 0 bridgehead atoms. The lowest BCUT2D eigenvalue weighted by molar-refractivity contribution is 0.253. The van der Waals surface area contributed by atoms with E-state index in [0.29, 0.717) is 5.15 Å². The smallest absolute Gasteiger partial charge is 0.151 e. The molecule has 5 heteroatoms. The van der Waals surface area contributed by atoms with Gasteiger partial charge >= 0.3 is 0 Å². The first-order valence-electron chi connectivity index (χ1n) is 6.67. The predicted octanol–water partition coefficient (Wildman–Crippen LogP) is 2.24. The molecule has 1 aliphatic heterocycles. The molecular weight excluding hydrogens is 248 g/mol. The lowest BCUT2D eigenvalue weighted by Crippen LogP contribution is -2.52. The van der Waals surface area contributed by atoms with Crippen LogP contribution in [0.4, 0.5) is 5.82 Å². The normalized spacial score (nSPS) is 28.4. The molecule has 3 rings (SSSR count). The minimum atomic E-state index is 0.215. The summed E-state index contributed by atoms with van der Waals surface area (Å²) in [5, 5.41) is 12.3. The molecule has 1 aromatic heterocycles. The van der Waals surface area contributed by atoms with Crippen LogP contribution in [0.5, 0.6) is 0 Å². The predicted molar refractivity (Wildman–Crippen MR) is 73.1 cm³/mol. The summed E-state index contributed by atoms with van der Waals surface area (Å²) in [4.78, 5) is 2.29. The summed E-state index contributed by atoms with van der Waals surface area (Å²) >= 11 is 5.77. The molecule has 0 spiro atoms. The molecule has 1 saturated heterocycles. The summed E-state index contributed by atoms with van der Waals surface area (Å²) in [7, 11) is 0. The van der Waals surface area contributed by atoms with Gasteiger partial charge in [-0.3, -0.25) is 0 Å². The van der Waals surface area contributed by atoms with Gasteiger partial charge < -0.3 is 10.2 Å². The van der Waals surface area contributed by atoms with Crippen LogP contribution in [0, 0.1) is 0 Å². The SMILES string of the molecule is C[C@]1(NC2CCC2)CCN(c2ccc(Cl)nn2)C1. The first kappa shape index (κ1) is 12.2. The molecule has 4 nitrogen and oxygen atoms in total. The van der Waals surface area contributed by atoms with Gasteiger partial charge in [0.1, 0.15) is 0 Å². The van der Waals surface area contributed by atoms with Crippen molar-refractivity contribution in [3.63, 3.8) is 0 Å². The number of aromatic nitrogens is 2. The van der Waals surface area contributed by atoms with Crippen LogP contribution in [0.3, 0.4) is 0 Å². The molecule has 2 fully saturated rings. The Morgan fingerprint density at radius 3 is 2.83 bits per heavy atom. The molecular formula is C13H19ClN4. The summed E-state index contributed by atoms with van der Waals surface area (Å²) < 4.78 is 0. The number of nitrogens with one attached hydrogen (secondary N) is 1. The maximum absolute atomic E-state index is 5.77. The molecule has 2 aliphatic rings. The standard InChI is InChI=1S/C13H19ClN4/c1-13(15-10-3-2-4-10)7-8-18(9-13)12-6-5-11(14)16-17-12/h5-6,10,15H,2-4,7-9H2,1H3/t13-/m0/s1. The van der Waals surface area contributed by atoms with Gasteiger partial charge in [0, 0.05) is 24.7 Å². The van der Waals surface area contributed by atoms with Crippen LogP contribution < -0.4 is 10.2 Å². The number of hydrogen-bond donors (Lipinski definition) is 1. The van der Waals surface area contributed by atoms with E-state index >= 15 is 0 Å². The Morgan fingerprint density at radius 1 is 1.39 bits per heavy atom. The molecule has 18 heavy (non-hydrogen) atoms. The third-order valence-corrected chi connectivity index (χ3v) is 4.27. The average molecular weight is 267 g/mol. The summed E-state index contributed by atoms with van der Waals surface area (Å²) in [6.45, 7) is 4.35. The van der Waals surface area contributed by atoms with Crippen molar-refractivity contribution in [1.82, 2.24) is 15.5 Å². The Kier molecular flexibility index (Phi) is 3.16. The van der Waals surface area contributed by atoms with Crippen LogP contribution in [-0.4, -0.2) is 34.9 Å². The van der Waals surface area contributed by atoms with E-state index in [2.05, 4.69) is 27.3 Å². The fraction of sp³-hybridized carbons (Fsp3) is 0.692. The first-order valence-corrected chi connectivity index (χ1v) is 7.04. The Labute approximate surface area is 113 Å². The van der Waals surface area contributed by atoms with Crippen LogP contribution in [-0.2, 0) is 0 Å². The van der Waals surface area contributed by atoms with Crippen LogP contribution in [0.1, 0.15) is 32.6 Å². The summed E-state index contributed by atoms with van der Waals surface area (Å²) in [5.41, 5.74) is 0.215. The van der Waals surface area contributed by atoms with E-state index in [4.69, 9.17) is 11.6 Å². The molecule has 2 heterocycles. The molecule has 1 aliphatic carbocycles. The van der Waals surface area contributed by atoms with Crippen molar-refractivity contribution in [3.8, 4) is 0 Å². The van der Waals surface area contributed by atoms with Crippen molar-refractivity contribution in [2.75, 3.05) is 18.0 Å². The van der Waals surface area contributed by atoms with E-state index in [1.54, 1.807) is 6.07 Å². The van der Waals surface area contributed by atoms with E-state index < -0.39 is 0 Å². The van der Waals surface area contributed by atoms with Crippen molar-refractivity contribution < 1.29 is 0 Å².